The van der Waals surface area contributed by atoms with Gasteiger partial charge in [0, 0.05) is 24.9 Å². The van der Waals surface area contributed by atoms with Crippen molar-refractivity contribution in [3.63, 3.8) is 0 Å². The highest BCUT2D eigenvalue weighted by Crippen LogP contribution is 2.22. The first-order valence-electron chi connectivity index (χ1n) is 7.74. The summed E-state index contributed by atoms with van der Waals surface area (Å²) in [7, 11) is -3.60. The molecule has 0 aliphatic carbocycles. The summed E-state index contributed by atoms with van der Waals surface area (Å²) in [5.74, 6) is -0.258. The van der Waals surface area contributed by atoms with Gasteiger partial charge in [-0.1, -0.05) is 19.1 Å². The molecule has 2 aromatic rings. The van der Waals surface area contributed by atoms with Crippen molar-refractivity contribution >= 4 is 33.0 Å². The highest BCUT2D eigenvalue weighted by atomic mass is 32.2. The topological polar surface area (TPSA) is 90.3 Å². The third-order valence-corrected chi connectivity index (χ3v) is 6.76. The number of anilines is 1. The van der Waals surface area contributed by atoms with E-state index in [1.54, 1.807) is 36.4 Å². The van der Waals surface area contributed by atoms with Crippen LogP contribution >= 0.6 is 11.3 Å². The first-order chi connectivity index (χ1) is 11.9. The van der Waals surface area contributed by atoms with Crippen LogP contribution < -0.4 is 9.62 Å². The molecule has 1 aromatic carbocycles. The van der Waals surface area contributed by atoms with Crippen LogP contribution in [0.1, 0.15) is 24.3 Å². The van der Waals surface area contributed by atoms with E-state index in [0.29, 0.717) is 11.3 Å². The van der Waals surface area contributed by atoms with Crippen molar-refractivity contribution in [1.82, 2.24) is 4.72 Å². The maximum absolute atomic E-state index is 12.3. The quantitative estimate of drug-likeness (QED) is 0.803. The molecule has 2 rings (SSSR count). The SMILES string of the molecule is CCc1ccc(S(=O)(=O)NCCN(C(C)=O)c2ccccc2C#N)s1. The lowest BCUT2D eigenvalue weighted by molar-refractivity contribution is -0.116. The minimum atomic E-state index is -3.60. The number of thiophene rings is 1. The monoisotopic (exact) mass is 377 g/mol. The minimum absolute atomic E-state index is 0.0566. The molecule has 1 heterocycles. The number of hydrogen-bond acceptors (Lipinski definition) is 5. The van der Waals surface area contributed by atoms with Crippen molar-refractivity contribution in [2.24, 2.45) is 0 Å². The maximum atomic E-state index is 12.3. The summed E-state index contributed by atoms with van der Waals surface area (Å²) in [6.45, 7) is 3.54. The minimum Gasteiger partial charge on any atom is -0.310 e. The number of nitriles is 1. The maximum Gasteiger partial charge on any atom is 0.250 e. The highest BCUT2D eigenvalue weighted by molar-refractivity contribution is 7.91. The molecule has 0 radical (unpaired) electrons. The van der Waals surface area contributed by atoms with Gasteiger partial charge in [0.2, 0.25) is 15.9 Å². The summed E-state index contributed by atoms with van der Waals surface area (Å²) in [5, 5.41) is 9.18. The molecule has 0 aliphatic rings. The molecule has 25 heavy (non-hydrogen) atoms. The predicted octanol–water partition coefficient (Wildman–Crippen LogP) is 2.51. The molecule has 0 spiro atoms. The number of sulfonamides is 1. The van der Waals surface area contributed by atoms with Crippen molar-refractivity contribution in [1.29, 1.82) is 5.26 Å². The number of nitrogens with one attached hydrogen (secondary N) is 1. The van der Waals surface area contributed by atoms with E-state index >= 15 is 0 Å². The zero-order chi connectivity index (χ0) is 18.4. The number of amides is 1. The molecule has 6 nitrogen and oxygen atoms in total. The van der Waals surface area contributed by atoms with Gasteiger partial charge < -0.3 is 4.90 Å². The fourth-order valence-corrected chi connectivity index (χ4v) is 4.67. The van der Waals surface area contributed by atoms with Crippen LogP contribution in [0, 0.1) is 11.3 Å². The fraction of sp³-hybridized carbons (Fsp3) is 0.294. The lowest BCUT2D eigenvalue weighted by Gasteiger charge is -2.22. The Morgan fingerprint density at radius 2 is 2.00 bits per heavy atom. The molecule has 0 bridgehead atoms. The van der Waals surface area contributed by atoms with Gasteiger partial charge in [0.05, 0.1) is 11.3 Å². The van der Waals surface area contributed by atoms with Crippen molar-refractivity contribution < 1.29 is 13.2 Å². The lowest BCUT2D eigenvalue weighted by atomic mass is 10.1. The normalized spacial score (nSPS) is 11.1. The van der Waals surface area contributed by atoms with E-state index in [2.05, 4.69) is 4.72 Å². The molecule has 1 N–H and O–H groups in total. The third-order valence-electron chi connectivity index (χ3n) is 3.57. The molecule has 1 amide bonds. The van der Waals surface area contributed by atoms with Crippen LogP contribution in [0.15, 0.2) is 40.6 Å². The van der Waals surface area contributed by atoms with Gasteiger partial charge in [-0.25, -0.2) is 13.1 Å². The van der Waals surface area contributed by atoms with E-state index < -0.39 is 10.0 Å². The molecule has 0 saturated carbocycles. The van der Waals surface area contributed by atoms with E-state index in [9.17, 15) is 18.5 Å². The van der Waals surface area contributed by atoms with Crippen LogP contribution in [-0.4, -0.2) is 27.4 Å². The van der Waals surface area contributed by atoms with Gasteiger partial charge in [0.25, 0.3) is 0 Å². The molecule has 1 aromatic heterocycles. The number of carbonyl (C=O) groups excluding carboxylic acids is 1. The standard InChI is InChI=1S/C17H19N3O3S2/c1-3-15-8-9-17(24-15)25(22,23)19-10-11-20(13(2)21)16-7-5-4-6-14(16)12-18/h4-9,19H,3,10-11H2,1-2H3. The van der Waals surface area contributed by atoms with E-state index in [1.165, 1.54) is 23.2 Å². The van der Waals surface area contributed by atoms with Crippen LogP contribution in [0.2, 0.25) is 0 Å². The molecule has 0 aliphatic heterocycles. The van der Waals surface area contributed by atoms with E-state index in [1.807, 2.05) is 13.0 Å². The Balaban J connectivity index is 2.10. The number of rotatable bonds is 7. The first-order valence-corrected chi connectivity index (χ1v) is 10.0. The molecule has 0 fully saturated rings. The predicted molar refractivity (Wildman–Crippen MR) is 98.1 cm³/mol. The molecule has 0 saturated heterocycles. The van der Waals surface area contributed by atoms with Gasteiger partial charge in [-0.05, 0) is 30.7 Å². The largest absolute Gasteiger partial charge is 0.310 e. The van der Waals surface area contributed by atoms with Gasteiger partial charge in [0.1, 0.15) is 10.3 Å². The lowest BCUT2D eigenvalue weighted by Crippen LogP contribution is -2.37. The Labute approximate surface area is 151 Å². The fourth-order valence-electron chi connectivity index (χ4n) is 2.31. The van der Waals surface area contributed by atoms with Crippen molar-refractivity contribution in [2.75, 3.05) is 18.0 Å². The number of carbonyl (C=O) groups is 1. The average Bonchev–Trinajstić information content (AvgIpc) is 3.08. The molecule has 132 valence electrons. The molecule has 0 atom stereocenters. The second-order valence-electron chi connectivity index (χ2n) is 5.27. The summed E-state index contributed by atoms with van der Waals surface area (Å²) in [4.78, 5) is 14.3. The van der Waals surface area contributed by atoms with E-state index in [4.69, 9.17) is 0 Å². The summed E-state index contributed by atoms with van der Waals surface area (Å²) >= 11 is 1.23. The Morgan fingerprint density at radius 3 is 2.60 bits per heavy atom. The molecular formula is C17H19N3O3S2. The first kappa shape index (κ1) is 19.1. The number of benzene rings is 1. The summed E-state index contributed by atoms with van der Waals surface area (Å²) in [6, 6.07) is 12.2. The number of aryl methyl sites for hydroxylation is 1. The molecular weight excluding hydrogens is 358 g/mol. The van der Waals surface area contributed by atoms with Crippen LogP contribution in [0.25, 0.3) is 0 Å². The zero-order valence-corrected chi connectivity index (χ0v) is 15.7. The van der Waals surface area contributed by atoms with Gasteiger partial charge >= 0.3 is 0 Å². The zero-order valence-electron chi connectivity index (χ0n) is 14.0. The number of nitrogens with zero attached hydrogens (tertiary/aromatic N) is 2. The van der Waals surface area contributed by atoms with Crippen LogP contribution in [-0.2, 0) is 21.2 Å². The second-order valence-corrected chi connectivity index (χ2v) is 8.43. The van der Waals surface area contributed by atoms with Crippen LogP contribution in [0.4, 0.5) is 5.69 Å². The van der Waals surface area contributed by atoms with Crippen LogP contribution in [0.5, 0.6) is 0 Å². The number of para-hydroxylation sites is 1. The van der Waals surface area contributed by atoms with E-state index in [0.717, 1.165) is 11.3 Å². The van der Waals surface area contributed by atoms with E-state index in [-0.39, 0.29) is 23.2 Å². The summed E-state index contributed by atoms with van der Waals surface area (Å²) < 4.78 is 27.4. The Morgan fingerprint density at radius 1 is 1.28 bits per heavy atom. The summed E-state index contributed by atoms with van der Waals surface area (Å²) in [5.41, 5.74) is 0.840. The van der Waals surface area contributed by atoms with Gasteiger partial charge in [-0.3, -0.25) is 4.79 Å². The molecule has 0 unspecified atom stereocenters. The van der Waals surface area contributed by atoms with Crippen LogP contribution in [0.3, 0.4) is 0 Å². The average molecular weight is 377 g/mol. The smallest absolute Gasteiger partial charge is 0.250 e. The Hall–Kier alpha value is -2.21. The van der Waals surface area contributed by atoms with Crippen molar-refractivity contribution in [3.8, 4) is 6.07 Å². The van der Waals surface area contributed by atoms with Gasteiger partial charge in [-0.2, -0.15) is 5.26 Å². The van der Waals surface area contributed by atoms with Gasteiger partial charge in [0.15, 0.2) is 0 Å². The molecule has 8 heteroatoms. The Bertz CT molecular complexity index is 898. The van der Waals surface area contributed by atoms with Crippen molar-refractivity contribution in [2.45, 2.75) is 24.5 Å². The number of hydrogen-bond donors (Lipinski definition) is 1. The third kappa shape index (κ3) is 4.66. The van der Waals surface area contributed by atoms with Crippen molar-refractivity contribution in [3.05, 3.63) is 46.8 Å². The summed E-state index contributed by atoms with van der Waals surface area (Å²) in [6.07, 6.45) is 0.781. The second kappa shape index (κ2) is 8.25. The highest BCUT2D eigenvalue weighted by Gasteiger charge is 2.19. The van der Waals surface area contributed by atoms with Gasteiger partial charge in [-0.15, -0.1) is 11.3 Å². The Kier molecular flexibility index (Phi) is 6.31.